The second-order valence-corrected chi connectivity index (χ2v) is 5.40. The van der Waals surface area contributed by atoms with E-state index in [0.717, 1.165) is 4.47 Å². The summed E-state index contributed by atoms with van der Waals surface area (Å²) in [5.41, 5.74) is 0.928. The van der Waals surface area contributed by atoms with Gasteiger partial charge in [0.1, 0.15) is 4.60 Å². The van der Waals surface area contributed by atoms with Crippen molar-refractivity contribution in [1.29, 1.82) is 0 Å². The van der Waals surface area contributed by atoms with Crippen LogP contribution < -0.4 is 5.32 Å². The second kappa shape index (κ2) is 5.77. The molecule has 0 fully saturated rings. The van der Waals surface area contributed by atoms with E-state index in [0.29, 0.717) is 15.9 Å². The third-order valence-corrected chi connectivity index (χ3v) is 3.21. The van der Waals surface area contributed by atoms with Crippen molar-refractivity contribution in [2.24, 2.45) is 0 Å². The van der Waals surface area contributed by atoms with Crippen LogP contribution in [0.5, 0.6) is 0 Å². The highest BCUT2D eigenvalue weighted by molar-refractivity contribution is 9.10. The lowest BCUT2D eigenvalue weighted by molar-refractivity contribution is 0.102. The molecule has 7 heteroatoms. The molecule has 2 aromatic rings. The predicted octanol–water partition coefficient (Wildman–Crippen LogP) is 3.91. The Hall–Kier alpha value is -0.980. The van der Waals surface area contributed by atoms with E-state index in [1.165, 1.54) is 0 Å². The topological polar surface area (TPSA) is 54.9 Å². The Labute approximate surface area is 125 Å². The van der Waals surface area contributed by atoms with Crippen LogP contribution in [0.2, 0.25) is 5.15 Å². The highest BCUT2D eigenvalue weighted by Gasteiger charge is 2.10. The van der Waals surface area contributed by atoms with E-state index in [1.807, 2.05) is 0 Å². The second-order valence-electron chi connectivity index (χ2n) is 3.31. The van der Waals surface area contributed by atoms with Crippen molar-refractivity contribution in [3.8, 4) is 0 Å². The molecule has 0 saturated heterocycles. The molecule has 2 aromatic heterocycles. The number of aromatic nitrogens is 2. The van der Waals surface area contributed by atoms with Gasteiger partial charge in [0.05, 0.1) is 5.69 Å². The molecule has 0 radical (unpaired) electrons. The Bertz CT molecular complexity index is 607. The van der Waals surface area contributed by atoms with Crippen molar-refractivity contribution in [2.75, 3.05) is 5.32 Å². The lowest BCUT2D eigenvalue weighted by Crippen LogP contribution is -2.12. The lowest BCUT2D eigenvalue weighted by atomic mass is 10.2. The predicted molar refractivity (Wildman–Crippen MR) is 76.8 cm³/mol. The van der Waals surface area contributed by atoms with Crippen LogP contribution in [0.4, 0.5) is 5.69 Å². The Morgan fingerprint density at radius 2 is 2.06 bits per heavy atom. The van der Waals surface area contributed by atoms with Gasteiger partial charge in [-0.2, -0.15) is 0 Å². The van der Waals surface area contributed by atoms with Gasteiger partial charge in [-0.15, -0.1) is 0 Å². The van der Waals surface area contributed by atoms with Crippen molar-refractivity contribution in [3.63, 3.8) is 0 Å². The van der Waals surface area contributed by atoms with Crippen LogP contribution in [0.25, 0.3) is 0 Å². The molecule has 1 N–H and O–H groups in total. The minimum absolute atomic E-state index is 0.236. The van der Waals surface area contributed by atoms with Crippen LogP contribution in [0.15, 0.2) is 39.7 Å². The Morgan fingerprint density at radius 1 is 1.28 bits per heavy atom. The summed E-state index contributed by atoms with van der Waals surface area (Å²) >= 11 is 12.4. The number of hydrogen-bond donors (Lipinski definition) is 1. The van der Waals surface area contributed by atoms with Crippen LogP contribution in [0.3, 0.4) is 0 Å². The molecule has 18 heavy (non-hydrogen) atoms. The van der Waals surface area contributed by atoms with Gasteiger partial charge in [0.15, 0.2) is 5.15 Å². The van der Waals surface area contributed by atoms with Gasteiger partial charge in [-0.05, 0) is 50.1 Å². The summed E-state index contributed by atoms with van der Waals surface area (Å²) in [7, 11) is 0. The van der Waals surface area contributed by atoms with E-state index in [2.05, 4.69) is 47.1 Å². The molecule has 1 amide bonds. The summed E-state index contributed by atoms with van der Waals surface area (Å²) < 4.78 is 1.33. The van der Waals surface area contributed by atoms with E-state index in [9.17, 15) is 4.79 Å². The Kier molecular flexibility index (Phi) is 4.31. The van der Waals surface area contributed by atoms with Crippen LogP contribution in [0.1, 0.15) is 10.4 Å². The van der Waals surface area contributed by atoms with Crippen molar-refractivity contribution in [3.05, 3.63) is 50.4 Å². The molecule has 0 bridgehead atoms. The third-order valence-electron chi connectivity index (χ3n) is 2.04. The fraction of sp³-hybridized carbons (Fsp3) is 0. The molecule has 0 aromatic carbocycles. The van der Waals surface area contributed by atoms with Gasteiger partial charge in [-0.3, -0.25) is 4.79 Å². The molecule has 0 unspecified atom stereocenters. The Morgan fingerprint density at radius 3 is 2.78 bits per heavy atom. The zero-order valence-corrected chi connectivity index (χ0v) is 12.8. The number of amides is 1. The number of rotatable bonds is 2. The van der Waals surface area contributed by atoms with Crippen LogP contribution in [0, 0.1) is 0 Å². The van der Waals surface area contributed by atoms with Gasteiger partial charge in [0.25, 0.3) is 5.91 Å². The fourth-order valence-electron chi connectivity index (χ4n) is 1.25. The highest BCUT2D eigenvalue weighted by atomic mass is 79.9. The summed E-state index contributed by atoms with van der Waals surface area (Å²) in [6.45, 7) is 0. The molecule has 2 rings (SSSR count). The SMILES string of the molecule is O=C(Nc1cc(Br)cnc1Cl)c1ccnc(Br)c1. The van der Waals surface area contributed by atoms with Crippen LogP contribution >= 0.6 is 43.5 Å². The number of halogens is 3. The molecule has 0 atom stereocenters. The summed E-state index contributed by atoms with van der Waals surface area (Å²) in [5.74, 6) is -0.278. The first-order valence-electron chi connectivity index (χ1n) is 4.80. The number of pyridine rings is 2. The molecule has 0 spiro atoms. The number of carbonyl (C=O) groups is 1. The summed E-state index contributed by atoms with van der Waals surface area (Å²) in [5, 5.41) is 2.92. The van der Waals surface area contributed by atoms with Crippen molar-refractivity contribution >= 4 is 55.1 Å². The lowest BCUT2D eigenvalue weighted by Gasteiger charge is -2.07. The minimum atomic E-state index is -0.278. The van der Waals surface area contributed by atoms with Crippen molar-refractivity contribution in [1.82, 2.24) is 9.97 Å². The van der Waals surface area contributed by atoms with Crippen LogP contribution in [-0.4, -0.2) is 15.9 Å². The molecule has 4 nitrogen and oxygen atoms in total. The van der Waals surface area contributed by atoms with E-state index in [1.54, 1.807) is 30.6 Å². The number of nitrogens with zero attached hydrogens (tertiary/aromatic N) is 2. The smallest absolute Gasteiger partial charge is 0.255 e. The molecular weight excluding hydrogens is 385 g/mol. The first-order chi connectivity index (χ1) is 8.56. The molecule has 0 saturated carbocycles. The van der Waals surface area contributed by atoms with E-state index in [4.69, 9.17) is 11.6 Å². The Balaban J connectivity index is 2.24. The first-order valence-corrected chi connectivity index (χ1v) is 6.76. The molecule has 0 aliphatic heterocycles. The van der Waals surface area contributed by atoms with Gasteiger partial charge >= 0.3 is 0 Å². The van der Waals surface area contributed by atoms with Crippen molar-refractivity contribution < 1.29 is 4.79 Å². The van der Waals surface area contributed by atoms with Gasteiger partial charge in [-0.1, -0.05) is 11.6 Å². The number of carbonyl (C=O) groups excluding carboxylic acids is 1. The molecular formula is C11H6Br2ClN3O. The quantitative estimate of drug-likeness (QED) is 0.790. The maximum Gasteiger partial charge on any atom is 0.255 e. The maximum absolute atomic E-state index is 12.0. The summed E-state index contributed by atoms with van der Waals surface area (Å²) in [6, 6.07) is 4.91. The number of anilines is 1. The standard InChI is InChI=1S/C11H6Br2ClN3O/c12-7-4-8(10(14)16-5-7)17-11(18)6-1-2-15-9(13)3-6/h1-5H,(H,17,18). The van der Waals surface area contributed by atoms with Gasteiger partial charge < -0.3 is 5.32 Å². The largest absolute Gasteiger partial charge is 0.319 e. The molecule has 0 aliphatic rings. The minimum Gasteiger partial charge on any atom is -0.319 e. The maximum atomic E-state index is 12.0. The van der Waals surface area contributed by atoms with E-state index in [-0.39, 0.29) is 11.1 Å². The molecule has 0 aliphatic carbocycles. The zero-order chi connectivity index (χ0) is 13.1. The highest BCUT2D eigenvalue weighted by Crippen LogP contribution is 2.23. The fourth-order valence-corrected chi connectivity index (χ4v) is 2.10. The monoisotopic (exact) mass is 389 g/mol. The summed E-state index contributed by atoms with van der Waals surface area (Å²) in [6.07, 6.45) is 3.10. The first kappa shape index (κ1) is 13.5. The summed E-state index contributed by atoms with van der Waals surface area (Å²) in [4.78, 5) is 19.8. The van der Waals surface area contributed by atoms with Gasteiger partial charge in [0, 0.05) is 22.4 Å². The normalized spacial score (nSPS) is 10.2. The number of hydrogen-bond acceptors (Lipinski definition) is 3. The number of nitrogens with one attached hydrogen (secondary N) is 1. The van der Waals surface area contributed by atoms with Crippen LogP contribution in [-0.2, 0) is 0 Å². The van der Waals surface area contributed by atoms with E-state index < -0.39 is 0 Å². The zero-order valence-electron chi connectivity index (χ0n) is 8.82. The van der Waals surface area contributed by atoms with Gasteiger partial charge in [0.2, 0.25) is 0 Å². The van der Waals surface area contributed by atoms with E-state index >= 15 is 0 Å². The molecule has 2 heterocycles. The third kappa shape index (κ3) is 3.28. The van der Waals surface area contributed by atoms with Crippen molar-refractivity contribution in [2.45, 2.75) is 0 Å². The average Bonchev–Trinajstić information content (AvgIpc) is 2.34. The molecule has 92 valence electrons. The average molecular weight is 391 g/mol. The van der Waals surface area contributed by atoms with Gasteiger partial charge in [-0.25, -0.2) is 9.97 Å².